The topological polar surface area (TPSA) is 20.2 Å². The summed E-state index contributed by atoms with van der Waals surface area (Å²) in [6.07, 6.45) is 10.0. The largest absolute Gasteiger partial charge is 0.384 e. The molecule has 14 heavy (non-hydrogen) atoms. The van der Waals surface area contributed by atoms with Crippen LogP contribution in [0.25, 0.3) is 0 Å². The van der Waals surface area contributed by atoms with Crippen LogP contribution in [-0.2, 0) is 0 Å². The van der Waals surface area contributed by atoms with Crippen molar-refractivity contribution in [3.63, 3.8) is 0 Å². The molecule has 2 rings (SSSR count). The first-order chi connectivity index (χ1) is 6.81. The lowest BCUT2D eigenvalue weighted by Gasteiger charge is -2.34. The van der Waals surface area contributed by atoms with Gasteiger partial charge in [0.25, 0.3) is 0 Å². The molecular formula is C11H18OS2. The highest BCUT2D eigenvalue weighted by atomic mass is 32.2. The van der Waals surface area contributed by atoms with E-state index in [1.165, 1.54) is 30.8 Å². The Balaban J connectivity index is 2.03. The molecule has 0 bridgehead atoms. The smallest absolute Gasteiger partial charge is 0.104 e. The third kappa shape index (κ3) is 2.50. The van der Waals surface area contributed by atoms with Gasteiger partial charge in [-0.2, -0.15) is 0 Å². The van der Waals surface area contributed by atoms with Gasteiger partial charge < -0.3 is 5.11 Å². The lowest BCUT2D eigenvalue weighted by Crippen LogP contribution is -2.37. The Labute approximate surface area is 94.7 Å². The molecule has 1 fully saturated rings. The van der Waals surface area contributed by atoms with Gasteiger partial charge in [-0.1, -0.05) is 12.2 Å². The molecule has 0 spiro atoms. The van der Waals surface area contributed by atoms with Gasteiger partial charge in [0, 0.05) is 0 Å². The molecule has 0 amide bonds. The van der Waals surface area contributed by atoms with Crippen LogP contribution in [0.4, 0.5) is 0 Å². The van der Waals surface area contributed by atoms with Crippen LogP contribution in [0, 0.1) is 0 Å². The van der Waals surface area contributed by atoms with Gasteiger partial charge in [-0.25, -0.2) is 0 Å². The second-order valence-corrected chi connectivity index (χ2v) is 6.79. The minimum absolute atomic E-state index is 0.380. The predicted octanol–water partition coefficient (Wildman–Crippen LogP) is 3.04. The van der Waals surface area contributed by atoms with Crippen LogP contribution in [0.1, 0.15) is 32.1 Å². The van der Waals surface area contributed by atoms with Crippen LogP contribution in [0.2, 0.25) is 0 Å². The summed E-state index contributed by atoms with van der Waals surface area (Å²) >= 11 is 3.88. The summed E-state index contributed by atoms with van der Waals surface area (Å²) in [4.78, 5) is 0. The number of rotatable bonds is 1. The molecular weight excluding hydrogens is 212 g/mol. The van der Waals surface area contributed by atoms with Gasteiger partial charge in [-0.05, 0) is 43.6 Å². The van der Waals surface area contributed by atoms with Crippen LogP contribution in [0.3, 0.4) is 0 Å². The molecule has 0 saturated carbocycles. The molecule has 80 valence electrons. The van der Waals surface area contributed by atoms with E-state index in [0.29, 0.717) is 4.58 Å². The Morgan fingerprint density at radius 2 is 1.93 bits per heavy atom. The fourth-order valence-electron chi connectivity index (χ4n) is 2.01. The molecule has 1 N–H and O–H groups in total. The summed E-state index contributed by atoms with van der Waals surface area (Å²) in [5, 5.41) is 10.5. The molecule has 1 aliphatic carbocycles. The van der Waals surface area contributed by atoms with E-state index in [1.54, 1.807) is 0 Å². The van der Waals surface area contributed by atoms with E-state index in [4.69, 9.17) is 0 Å². The van der Waals surface area contributed by atoms with Gasteiger partial charge in [0.05, 0.1) is 4.58 Å². The number of hydrogen-bond donors (Lipinski definition) is 1. The summed E-state index contributed by atoms with van der Waals surface area (Å²) in [6.45, 7) is 0. The number of thioether (sulfide) groups is 2. The van der Waals surface area contributed by atoms with Crippen molar-refractivity contribution in [1.82, 2.24) is 0 Å². The molecule has 0 aromatic carbocycles. The van der Waals surface area contributed by atoms with Crippen molar-refractivity contribution in [2.24, 2.45) is 0 Å². The Hall–Kier alpha value is 0.400. The first kappa shape index (κ1) is 10.9. The SMILES string of the molecule is OC1(C2SCCCS2)C=CCCCC1. The molecule has 1 unspecified atom stereocenters. The van der Waals surface area contributed by atoms with Crippen molar-refractivity contribution >= 4 is 23.5 Å². The molecule has 1 nitrogen and oxygen atoms in total. The monoisotopic (exact) mass is 230 g/mol. The van der Waals surface area contributed by atoms with Crippen LogP contribution < -0.4 is 0 Å². The van der Waals surface area contributed by atoms with Crippen molar-refractivity contribution < 1.29 is 5.11 Å². The van der Waals surface area contributed by atoms with E-state index in [1.807, 2.05) is 23.5 Å². The molecule has 3 heteroatoms. The summed E-state index contributed by atoms with van der Waals surface area (Å²) in [7, 11) is 0. The van der Waals surface area contributed by atoms with Gasteiger partial charge in [0.15, 0.2) is 0 Å². The van der Waals surface area contributed by atoms with Crippen LogP contribution in [-0.4, -0.2) is 26.8 Å². The molecule has 1 atom stereocenters. The highest BCUT2D eigenvalue weighted by Crippen LogP contribution is 2.42. The van der Waals surface area contributed by atoms with Gasteiger partial charge in [0.1, 0.15) is 5.60 Å². The molecule has 1 aliphatic heterocycles. The van der Waals surface area contributed by atoms with E-state index in [0.717, 1.165) is 12.8 Å². The minimum atomic E-state index is -0.522. The summed E-state index contributed by atoms with van der Waals surface area (Å²) in [5.74, 6) is 2.43. The van der Waals surface area contributed by atoms with E-state index in [-0.39, 0.29) is 0 Å². The van der Waals surface area contributed by atoms with Crippen molar-refractivity contribution in [3.05, 3.63) is 12.2 Å². The minimum Gasteiger partial charge on any atom is -0.384 e. The van der Waals surface area contributed by atoms with Gasteiger partial charge in [0.2, 0.25) is 0 Å². The Morgan fingerprint density at radius 3 is 2.71 bits per heavy atom. The zero-order valence-corrected chi connectivity index (χ0v) is 10.1. The van der Waals surface area contributed by atoms with Crippen LogP contribution in [0.5, 0.6) is 0 Å². The van der Waals surface area contributed by atoms with Gasteiger partial charge in [-0.15, -0.1) is 23.5 Å². The van der Waals surface area contributed by atoms with Crippen molar-refractivity contribution in [3.8, 4) is 0 Å². The highest BCUT2D eigenvalue weighted by Gasteiger charge is 2.36. The quantitative estimate of drug-likeness (QED) is 0.699. The normalized spacial score (nSPS) is 35.5. The zero-order valence-electron chi connectivity index (χ0n) is 8.45. The maximum atomic E-state index is 10.5. The summed E-state index contributed by atoms with van der Waals surface area (Å²) in [6, 6.07) is 0. The first-order valence-electron chi connectivity index (χ1n) is 5.44. The third-order valence-corrected chi connectivity index (χ3v) is 6.13. The molecule has 0 aromatic heterocycles. The molecule has 0 aromatic rings. The molecule has 0 radical (unpaired) electrons. The fourth-order valence-corrected chi connectivity index (χ4v) is 5.18. The maximum absolute atomic E-state index is 10.5. The van der Waals surface area contributed by atoms with E-state index >= 15 is 0 Å². The van der Waals surface area contributed by atoms with Crippen molar-refractivity contribution in [1.29, 1.82) is 0 Å². The Bertz CT molecular complexity index is 211. The summed E-state index contributed by atoms with van der Waals surface area (Å²) in [5.41, 5.74) is -0.522. The number of allylic oxidation sites excluding steroid dienone is 1. The third-order valence-electron chi connectivity index (χ3n) is 2.84. The Kier molecular flexibility index (Phi) is 3.86. The lowest BCUT2D eigenvalue weighted by molar-refractivity contribution is 0.0979. The maximum Gasteiger partial charge on any atom is 0.104 e. The predicted molar refractivity (Wildman–Crippen MR) is 65.9 cm³/mol. The fraction of sp³-hybridized carbons (Fsp3) is 0.818. The van der Waals surface area contributed by atoms with E-state index in [9.17, 15) is 5.11 Å². The van der Waals surface area contributed by atoms with E-state index in [2.05, 4.69) is 12.2 Å². The average Bonchev–Trinajstić information content (AvgIpc) is 2.46. The van der Waals surface area contributed by atoms with Crippen LogP contribution >= 0.6 is 23.5 Å². The number of aliphatic hydroxyl groups is 1. The zero-order chi connectivity index (χ0) is 9.86. The average molecular weight is 230 g/mol. The van der Waals surface area contributed by atoms with Crippen molar-refractivity contribution in [2.45, 2.75) is 42.3 Å². The van der Waals surface area contributed by atoms with Crippen LogP contribution in [0.15, 0.2) is 12.2 Å². The standard InChI is InChI=1S/C11H18OS2/c12-11(6-3-1-2-4-7-11)10-13-8-5-9-14-10/h3,6,10,12H,1-2,4-5,7-9H2. The molecule has 1 saturated heterocycles. The van der Waals surface area contributed by atoms with Crippen molar-refractivity contribution in [2.75, 3.05) is 11.5 Å². The summed E-state index contributed by atoms with van der Waals surface area (Å²) < 4.78 is 0.380. The lowest BCUT2D eigenvalue weighted by atomic mass is 10.0. The molecule has 2 aliphatic rings. The Morgan fingerprint density at radius 1 is 1.14 bits per heavy atom. The van der Waals surface area contributed by atoms with E-state index < -0.39 is 5.60 Å². The second-order valence-electron chi connectivity index (χ2n) is 4.07. The highest BCUT2D eigenvalue weighted by molar-refractivity contribution is 8.17. The first-order valence-corrected chi connectivity index (χ1v) is 7.54. The number of hydrogen-bond acceptors (Lipinski definition) is 3. The van der Waals surface area contributed by atoms with Gasteiger partial charge in [-0.3, -0.25) is 0 Å². The molecule has 1 heterocycles. The van der Waals surface area contributed by atoms with Gasteiger partial charge >= 0.3 is 0 Å². The second kappa shape index (κ2) is 4.95.